The van der Waals surface area contributed by atoms with Gasteiger partial charge in [0.1, 0.15) is 0 Å². The van der Waals surface area contributed by atoms with Gasteiger partial charge in [-0.25, -0.2) is 0 Å². The van der Waals surface area contributed by atoms with Gasteiger partial charge in [0.15, 0.2) is 0 Å². The van der Waals surface area contributed by atoms with E-state index < -0.39 is 0 Å². The molecule has 348 valence electrons. The summed E-state index contributed by atoms with van der Waals surface area (Å²) in [6, 6.07) is 0. The Bertz CT molecular complexity index is 754. The average Bonchev–Trinajstić information content (AvgIpc) is 3.24. The summed E-state index contributed by atoms with van der Waals surface area (Å²) in [5.41, 5.74) is 0. The zero-order valence-corrected chi connectivity index (χ0v) is 36.6. The lowest BCUT2D eigenvalue weighted by Gasteiger charge is -2.09. The van der Waals surface area contributed by atoms with Crippen LogP contribution in [0.3, 0.4) is 0 Å². The molecule has 0 bridgehead atoms. The number of esters is 1. The summed E-state index contributed by atoms with van der Waals surface area (Å²) < 4.78 is 81.4. The van der Waals surface area contributed by atoms with E-state index >= 15 is 0 Å². The highest BCUT2D eigenvalue weighted by Gasteiger charge is 2.00. The number of carbonyl (C=O) groups is 1. The van der Waals surface area contributed by atoms with Crippen LogP contribution in [0.1, 0.15) is 77.6 Å². The maximum absolute atomic E-state index is 10.9. The summed E-state index contributed by atoms with van der Waals surface area (Å²) in [7, 11) is 1.35. The van der Waals surface area contributed by atoms with Crippen LogP contribution < -0.4 is 0 Å². The van der Waals surface area contributed by atoms with E-state index in [-0.39, 0.29) is 12.4 Å². The van der Waals surface area contributed by atoms with E-state index in [1.807, 2.05) is 0 Å². The molecule has 0 rings (SSSR count). The van der Waals surface area contributed by atoms with E-state index in [4.69, 9.17) is 66.3 Å². The predicted octanol–water partition coefficient (Wildman–Crippen LogP) is 4.70. The van der Waals surface area contributed by atoms with Crippen LogP contribution >= 0.6 is 0 Å². The Balaban J connectivity index is 3.06. The molecule has 0 aromatic rings. The van der Waals surface area contributed by atoms with Gasteiger partial charge in [-0.1, -0.05) is 64.7 Å². The van der Waals surface area contributed by atoms with Crippen LogP contribution in [0.5, 0.6) is 0 Å². The molecule has 0 radical (unpaired) electrons. The van der Waals surface area contributed by atoms with Crippen molar-refractivity contribution in [1.82, 2.24) is 0 Å². The number of unbranched alkanes of at least 4 members (excludes halogenated alkanes) is 9. The van der Waals surface area contributed by atoms with Gasteiger partial charge in [-0.15, -0.1) is 0 Å². The normalized spacial score (nSPS) is 11.6. The Morgan fingerprint density at radius 3 is 0.672 bits per heavy atom. The molecule has 0 amide bonds. The number of hydrogen-bond acceptors (Lipinski definition) is 16. The van der Waals surface area contributed by atoms with E-state index in [0.717, 1.165) is 13.0 Å². The summed E-state index contributed by atoms with van der Waals surface area (Å²) in [5.74, 6) is -0.286. The first-order valence-corrected chi connectivity index (χ1v) is 22.0. The minimum atomic E-state index is -0.286. The molecule has 0 aliphatic carbocycles. The van der Waals surface area contributed by atoms with Crippen molar-refractivity contribution in [3.63, 3.8) is 0 Å². The molecule has 0 heterocycles. The second-order valence-corrected chi connectivity index (χ2v) is 13.1. The lowest BCUT2D eigenvalue weighted by atomic mass is 10.1. The first kappa shape index (κ1) is 56.9. The van der Waals surface area contributed by atoms with Gasteiger partial charge in [0.2, 0.25) is 0 Å². The third kappa shape index (κ3) is 52.9. The largest absolute Gasteiger partial charge is 0.469 e. The number of rotatable bonds is 53. The Morgan fingerprint density at radius 2 is 0.448 bits per heavy atom. The van der Waals surface area contributed by atoms with E-state index in [1.54, 1.807) is 0 Å². The van der Waals surface area contributed by atoms with Crippen LogP contribution in [-0.2, 0) is 75.8 Å². The fourth-order valence-corrected chi connectivity index (χ4v) is 4.91. The fourth-order valence-electron chi connectivity index (χ4n) is 4.91. The minimum absolute atomic E-state index is 0.243. The fraction of sp³-hybridized carbons (Fsp3) is 0.976. The van der Waals surface area contributed by atoms with Crippen LogP contribution in [0.25, 0.3) is 0 Å². The minimum Gasteiger partial charge on any atom is -0.469 e. The molecular formula is C42H84O16. The van der Waals surface area contributed by atoms with Gasteiger partial charge in [-0.3, -0.25) is 4.79 Å². The van der Waals surface area contributed by atoms with Crippen LogP contribution in [-0.4, -0.2) is 198 Å². The van der Waals surface area contributed by atoms with Crippen LogP contribution in [0.4, 0.5) is 0 Å². The maximum Gasteiger partial charge on any atom is 0.307 e. The van der Waals surface area contributed by atoms with Gasteiger partial charge in [0.05, 0.1) is 192 Å². The monoisotopic (exact) mass is 845 g/mol. The van der Waals surface area contributed by atoms with Crippen LogP contribution in [0.15, 0.2) is 0 Å². The molecule has 0 fully saturated rings. The highest BCUT2D eigenvalue weighted by Crippen LogP contribution is 2.10. The van der Waals surface area contributed by atoms with Gasteiger partial charge in [0.25, 0.3) is 0 Å². The highest BCUT2D eigenvalue weighted by atomic mass is 16.6. The Labute approximate surface area is 351 Å². The van der Waals surface area contributed by atoms with Crippen molar-refractivity contribution in [2.75, 3.05) is 192 Å². The maximum atomic E-state index is 10.9. The molecule has 0 aromatic heterocycles. The molecule has 0 aromatic carbocycles. The van der Waals surface area contributed by atoms with Crippen molar-refractivity contribution >= 4 is 5.97 Å². The molecule has 16 nitrogen and oxygen atoms in total. The van der Waals surface area contributed by atoms with E-state index in [0.29, 0.717) is 178 Å². The van der Waals surface area contributed by atoms with E-state index in [9.17, 15) is 4.79 Å². The number of hydrogen-bond donors (Lipinski definition) is 0. The van der Waals surface area contributed by atoms with Crippen molar-refractivity contribution in [2.24, 2.45) is 0 Å². The van der Waals surface area contributed by atoms with Gasteiger partial charge >= 0.3 is 5.97 Å². The standard InChI is InChI=1S/C42H84O16/c1-3-4-5-6-7-8-9-10-11-12-14-45-16-18-47-20-22-49-24-26-51-28-30-53-32-34-55-36-38-57-40-41-58-39-37-56-35-33-54-31-29-52-27-25-50-23-21-48-19-17-46-15-13-42(43)44-2/h3-41H2,1-2H3. The van der Waals surface area contributed by atoms with Gasteiger partial charge in [-0.2, -0.15) is 0 Å². The van der Waals surface area contributed by atoms with Gasteiger partial charge in [0, 0.05) is 6.61 Å². The van der Waals surface area contributed by atoms with Gasteiger partial charge in [-0.05, 0) is 6.42 Å². The first-order chi connectivity index (χ1) is 28.8. The van der Waals surface area contributed by atoms with Gasteiger partial charge < -0.3 is 71.1 Å². The third-order valence-corrected chi connectivity index (χ3v) is 8.16. The molecule has 16 heteroatoms. The van der Waals surface area contributed by atoms with E-state index in [1.165, 1.54) is 64.9 Å². The average molecular weight is 845 g/mol. The molecule has 0 N–H and O–H groups in total. The van der Waals surface area contributed by atoms with Crippen LogP contribution in [0, 0.1) is 0 Å². The summed E-state index contributed by atoms with van der Waals surface area (Å²) in [5, 5.41) is 0. The second kappa shape index (κ2) is 53.9. The van der Waals surface area contributed by atoms with Crippen molar-refractivity contribution < 1.29 is 75.8 Å². The lowest BCUT2D eigenvalue weighted by Crippen LogP contribution is -2.15. The van der Waals surface area contributed by atoms with Crippen molar-refractivity contribution in [2.45, 2.75) is 77.6 Å². The summed E-state index contributed by atoms with van der Waals surface area (Å²) in [6.45, 7) is 16.7. The SMILES string of the molecule is CCCCCCCCCCCCOCCOCCOCCOCCOCCOCCOCCOCCOCCOCCOCCOCCOCCOCCC(=O)OC. The van der Waals surface area contributed by atoms with Crippen molar-refractivity contribution in [3.05, 3.63) is 0 Å². The summed E-state index contributed by atoms with van der Waals surface area (Å²) in [6.07, 6.45) is 13.6. The molecule has 0 aliphatic rings. The molecule has 0 saturated heterocycles. The zero-order valence-electron chi connectivity index (χ0n) is 36.6. The van der Waals surface area contributed by atoms with Crippen molar-refractivity contribution in [3.8, 4) is 0 Å². The molecule has 0 atom stereocenters. The molecule has 0 spiro atoms. The first-order valence-electron chi connectivity index (χ1n) is 22.0. The Hall–Kier alpha value is -1.09. The van der Waals surface area contributed by atoms with E-state index in [2.05, 4.69) is 11.7 Å². The topological polar surface area (TPSA) is 156 Å². The number of ether oxygens (including phenoxy) is 15. The van der Waals surface area contributed by atoms with Crippen molar-refractivity contribution in [1.29, 1.82) is 0 Å². The lowest BCUT2D eigenvalue weighted by molar-refractivity contribution is -0.141. The number of methoxy groups -OCH3 is 1. The Morgan fingerprint density at radius 1 is 0.259 bits per heavy atom. The third-order valence-electron chi connectivity index (χ3n) is 8.16. The summed E-state index contributed by atoms with van der Waals surface area (Å²) in [4.78, 5) is 10.9. The molecular weight excluding hydrogens is 760 g/mol. The molecule has 0 saturated carbocycles. The van der Waals surface area contributed by atoms with Crippen LogP contribution in [0.2, 0.25) is 0 Å². The zero-order chi connectivity index (χ0) is 41.8. The number of carbonyl (C=O) groups excluding carboxylic acids is 1. The molecule has 0 unspecified atom stereocenters. The summed E-state index contributed by atoms with van der Waals surface area (Å²) >= 11 is 0. The second-order valence-electron chi connectivity index (χ2n) is 13.1. The highest BCUT2D eigenvalue weighted by molar-refractivity contribution is 5.69. The quantitative estimate of drug-likeness (QED) is 0.0613. The smallest absolute Gasteiger partial charge is 0.307 e. The Kier molecular flexibility index (Phi) is 52.9. The molecule has 58 heavy (non-hydrogen) atoms. The molecule has 0 aliphatic heterocycles. The predicted molar refractivity (Wildman–Crippen MR) is 220 cm³/mol.